The SMILES string of the molecule is Cc1[nH]nc2c1[C@H](c1ccccc1OCc1ccc(Cl)cc1)SCC(=O)N2. The second-order valence-electron chi connectivity index (χ2n) is 6.30. The topological polar surface area (TPSA) is 67.0 Å². The summed E-state index contributed by atoms with van der Waals surface area (Å²) >= 11 is 7.52. The Morgan fingerprint density at radius 1 is 1.22 bits per heavy atom. The van der Waals surface area contributed by atoms with Crippen LogP contribution in [0.15, 0.2) is 48.5 Å². The first-order valence-corrected chi connectivity index (χ1v) is 9.97. The van der Waals surface area contributed by atoms with Crippen molar-refractivity contribution >= 4 is 35.1 Å². The molecule has 138 valence electrons. The predicted molar refractivity (Wildman–Crippen MR) is 108 cm³/mol. The number of hydrogen-bond acceptors (Lipinski definition) is 4. The van der Waals surface area contributed by atoms with Crippen LogP contribution in [-0.4, -0.2) is 21.9 Å². The van der Waals surface area contributed by atoms with E-state index in [9.17, 15) is 4.79 Å². The van der Waals surface area contributed by atoms with E-state index in [1.54, 1.807) is 11.8 Å². The number of H-pyrrole nitrogens is 1. The van der Waals surface area contributed by atoms with Crippen molar-refractivity contribution in [1.82, 2.24) is 10.2 Å². The van der Waals surface area contributed by atoms with Crippen LogP contribution < -0.4 is 10.1 Å². The standard InChI is InChI=1S/C20H18ClN3O2S/c1-12-18-19(27-11-17(25)22-20(18)24-23-12)15-4-2-3-5-16(15)26-10-13-6-8-14(21)9-7-13/h2-9,19H,10-11H2,1H3,(H2,22,23,24,25)/t19-/m0/s1. The van der Waals surface area contributed by atoms with E-state index in [1.807, 2.05) is 55.5 Å². The molecule has 0 spiro atoms. The summed E-state index contributed by atoms with van der Waals surface area (Å²) in [5, 5.41) is 10.8. The van der Waals surface area contributed by atoms with Crippen molar-refractivity contribution in [3.05, 3.63) is 75.9 Å². The number of para-hydroxylation sites is 1. The Morgan fingerprint density at radius 3 is 2.81 bits per heavy atom. The minimum absolute atomic E-state index is 0.0425. The third-order valence-corrected chi connectivity index (χ3v) is 5.91. The molecule has 27 heavy (non-hydrogen) atoms. The van der Waals surface area contributed by atoms with Crippen LogP contribution in [0.2, 0.25) is 5.02 Å². The molecule has 1 aliphatic rings. The summed E-state index contributed by atoms with van der Waals surface area (Å²) in [6, 6.07) is 15.5. The van der Waals surface area contributed by atoms with E-state index in [-0.39, 0.29) is 11.2 Å². The molecule has 0 fully saturated rings. The first-order chi connectivity index (χ1) is 13.1. The van der Waals surface area contributed by atoms with Gasteiger partial charge < -0.3 is 10.1 Å². The summed E-state index contributed by atoms with van der Waals surface area (Å²) < 4.78 is 6.12. The molecule has 1 amide bonds. The number of aryl methyl sites for hydroxylation is 1. The fraction of sp³-hybridized carbons (Fsp3) is 0.200. The normalized spacial score (nSPS) is 16.4. The molecular weight excluding hydrogens is 382 g/mol. The molecule has 0 bridgehead atoms. The molecule has 0 radical (unpaired) electrons. The summed E-state index contributed by atoms with van der Waals surface area (Å²) in [5.74, 6) is 1.71. The molecule has 5 nitrogen and oxygen atoms in total. The maximum Gasteiger partial charge on any atom is 0.235 e. The lowest BCUT2D eigenvalue weighted by molar-refractivity contribution is -0.113. The van der Waals surface area contributed by atoms with Crippen molar-refractivity contribution in [2.45, 2.75) is 18.8 Å². The number of rotatable bonds is 4. The minimum Gasteiger partial charge on any atom is -0.489 e. The molecule has 0 aliphatic carbocycles. The van der Waals surface area contributed by atoms with E-state index in [2.05, 4.69) is 15.5 Å². The van der Waals surface area contributed by atoms with Gasteiger partial charge in [-0.1, -0.05) is 41.9 Å². The highest BCUT2D eigenvalue weighted by atomic mass is 35.5. The Morgan fingerprint density at radius 2 is 2.00 bits per heavy atom. The average molecular weight is 400 g/mol. The summed E-state index contributed by atoms with van der Waals surface area (Å²) in [5.41, 5.74) is 4.00. The minimum atomic E-state index is -0.0465. The summed E-state index contributed by atoms with van der Waals surface area (Å²) in [6.45, 7) is 2.41. The van der Waals surface area contributed by atoms with Gasteiger partial charge in [0, 0.05) is 21.8 Å². The summed E-state index contributed by atoms with van der Waals surface area (Å²) in [6.07, 6.45) is 0. The van der Waals surface area contributed by atoms with Crippen LogP contribution in [0.25, 0.3) is 0 Å². The van der Waals surface area contributed by atoms with Crippen LogP contribution in [0, 0.1) is 6.92 Å². The van der Waals surface area contributed by atoms with Crippen molar-refractivity contribution in [3.63, 3.8) is 0 Å². The van der Waals surface area contributed by atoms with Crippen molar-refractivity contribution < 1.29 is 9.53 Å². The van der Waals surface area contributed by atoms with Gasteiger partial charge >= 0.3 is 0 Å². The highest BCUT2D eigenvalue weighted by Crippen LogP contribution is 2.45. The number of aromatic amines is 1. The number of ether oxygens (including phenoxy) is 1. The van der Waals surface area contributed by atoms with E-state index >= 15 is 0 Å². The van der Waals surface area contributed by atoms with Gasteiger partial charge in [0.2, 0.25) is 5.91 Å². The largest absolute Gasteiger partial charge is 0.489 e. The number of benzene rings is 2. The fourth-order valence-corrected chi connectivity index (χ4v) is 4.43. The van der Waals surface area contributed by atoms with E-state index in [0.717, 1.165) is 28.1 Å². The Hall–Kier alpha value is -2.44. The van der Waals surface area contributed by atoms with Crippen LogP contribution in [0.5, 0.6) is 5.75 Å². The third kappa shape index (κ3) is 3.82. The molecule has 1 atom stereocenters. The number of amides is 1. The Bertz CT molecular complexity index is 972. The van der Waals surface area contributed by atoms with Gasteiger partial charge in [-0.05, 0) is 30.7 Å². The molecule has 1 aliphatic heterocycles. The molecular formula is C20H18ClN3O2S. The van der Waals surface area contributed by atoms with Gasteiger partial charge in [0.15, 0.2) is 5.82 Å². The van der Waals surface area contributed by atoms with Gasteiger partial charge in [-0.25, -0.2) is 0 Å². The van der Waals surface area contributed by atoms with Gasteiger partial charge in [0.05, 0.1) is 11.0 Å². The first-order valence-electron chi connectivity index (χ1n) is 8.54. The number of hydrogen-bond donors (Lipinski definition) is 2. The molecule has 7 heteroatoms. The molecule has 2 N–H and O–H groups in total. The van der Waals surface area contributed by atoms with Crippen LogP contribution in [-0.2, 0) is 11.4 Å². The van der Waals surface area contributed by atoms with Crippen molar-refractivity contribution in [2.75, 3.05) is 11.1 Å². The number of thioether (sulfide) groups is 1. The number of carbonyl (C=O) groups is 1. The third-order valence-electron chi connectivity index (χ3n) is 4.40. The first kappa shape index (κ1) is 17.9. The zero-order valence-electron chi connectivity index (χ0n) is 14.7. The second-order valence-corrected chi connectivity index (χ2v) is 7.83. The molecule has 2 heterocycles. The van der Waals surface area contributed by atoms with Gasteiger partial charge in [-0.2, -0.15) is 5.10 Å². The monoisotopic (exact) mass is 399 g/mol. The van der Waals surface area contributed by atoms with Gasteiger partial charge in [-0.3, -0.25) is 9.89 Å². The number of aromatic nitrogens is 2. The smallest absolute Gasteiger partial charge is 0.235 e. The molecule has 0 saturated carbocycles. The molecule has 1 aromatic heterocycles. The molecule has 2 aromatic carbocycles. The zero-order valence-corrected chi connectivity index (χ0v) is 16.2. The highest BCUT2D eigenvalue weighted by Gasteiger charge is 2.29. The predicted octanol–water partition coefficient (Wildman–Crippen LogP) is 4.73. The number of anilines is 1. The maximum atomic E-state index is 12.0. The van der Waals surface area contributed by atoms with E-state index < -0.39 is 0 Å². The van der Waals surface area contributed by atoms with Crippen LogP contribution in [0.3, 0.4) is 0 Å². The van der Waals surface area contributed by atoms with Crippen LogP contribution in [0.1, 0.15) is 27.6 Å². The van der Waals surface area contributed by atoms with Crippen molar-refractivity contribution in [2.24, 2.45) is 0 Å². The Labute approximate surface area is 166 Å². The van der Waals surface area contributed by atoms with Crippen LogP contribution >= 0.6 is 23.4 Å². The number of halogens is 1. The fourth-order valence-electron chi connectivity index (χ4n) is 3.08. The van der Waals surface area contributed by atoms with E-state index in [4.69, 9.17) is 16.3 Å². The lowest BCUT2D eigenvalue weighted by Crippen LogP contribution is -2.12. The molecule has 3 aromatic rings. The molecule has 4 rings (SSSR count). The van der Waals surface area contributed by atoms with Gasteiger partial charge in [-0.15, -0.1) is 11.8 Å². The van der Waals surface area contributed by atoms with Crippen LogP contribution in [0.4, 0.5) is 5.82 Å². The lowest BCUT2D eigenvalue weighted by Gasteiger charge is -2.19. The number of fused-ring (bicyclic) bond motifs is 1. The van der Waals surface area contributed by atoms with Crippen molar-refractivity contribution in [1.29, 1.82) is 0 Å². The quantitative estimate of drug-likeness (QED) is 0.665. The number of nitrogens with zero attached hydrogens (tertiary/aromatic N) is 1. The van der Waals surface area contributed by atoms with Gasteiger partial charge in [0.1, 0.15) is 12.4 Å². The lowest BCUT2D eigenvalue weighted by atomic mass is 10.0. The average Bonchev–Trinajstić information content (AvgIpc) is 2.93. The Balaban J connectivity index is 1.65. The number of nitrogens with one attached hydrogen (secondary N) is 2. The maximum absolute atomic E-state index is 12.0. The van der Waals surface area contributed by atoms with Gasteiger partial charge in [0.25, 0.3) is 0 Å². The molecule has 0 unspecified atom stereocenters. The summed E-state index contributed by atoms with van der Waals surface area (Å²) in [7, 11) is 0. The van der Waals surface area contributed by atoms with E-state index in [1.165, 1.54) is 0 Å². The number of carbonyl (C=O) groups excluding carboxylic acids is 1. The second kappa shape index (κ2) is 7.66. The van der Waals surface area contributed by atoms with E-state index in [0.29, 0.717) is 23.2 Å². The Kier molecular flexibility index (Phi) is 5.09. The highest BCUT2D eigenvalue weighted by molar-refractivity contribution is 8.00. The zero-order chi connectivity index (χ0) is 18.8. The van der Waals surface area contributed by atoms with Crippen molar-refractivity contribution in [3.8, 4) is 5.75 Å². The summed E-state index contributed by atoms with van der Waals surface area (Å²) in [4.78, 5) is 12.0. The molecule has 0 saturated heterocycles.